The third-order valence-electron chi connectivity index (χ3n) is 1.40. The van der Waals surface area contributed by atoms with Crippen LogP contribution in [0.3, 0.4) is 0 Å². The molecule has 1 nitrogen and oxygen atoms in total. The van der Waals surface area contributed by atoms with Crippen molar-refractivity contribution >= 4 is 20.1 Å². The fraction of sp³-hybridized carbons (Fsp3) is 1.00. The molecule has 0 saturated carbocycles. The molecule has 1 rings (SSSR count). The molecular weight excluding hydrogens is 136 g/mol. The van der Waals surface area contributed by atoms with Crippen molar-refractivity contribution in [2.45, 2.75) is 19.1 Å². The zero-order valence-electron chi connectivity index (χ0n) is 5.44. The van der Waals surface area contributed by atoms with E-state index in [1.165, 1.54) is 11.8 Å². The molecule has 0 amide bonds. The summed E-state index contributed by atoms with van der Waals surface area (Å²) in [5.41, 5.74) is 0. The van der Waals surface area contributed by atoms with Crippen LogP contribution in [-0.2, 0) is 4.18 Å². The van der Waals surface area contributed by atoms with E-state index in [-0.39, 0.29) is 0 Å². The Hall–Kier alpha value is 0.527. The van der Waals surface area contributed by atoms with Gasteiger partial charge in [-0.1, -0.05) is 13.1 Å². The van der Waals surface area contributed by atoms with Crippen molar-refractivity contribution in [3.8, 4) is 0 Å². The second-order valence-electron chi connectivity index (χ2n) is 3.00. The number of hydrogen-bond acceptors (Lipinski definition) is 2. The normalized spacial score (nSPS) is 27.8. The van der Waals surface area contributed by atoms with Gasteiger partial charge in [-0.2, -0.15) is 0 Å². The molecule has 3 heteroatoms. The fourth-order valence-electron chi connectivity index (χ4n) is 0.650. The summed E-state index contributed by atoms with van der Waals surface area (Å²) in [6, 6.07) is 1.43. The predicted molar refractivity (Wildman–Crippen MR) is 40.7 cm³/mol. The van der Waals surface area contributed by atoms with Crippen LogP contribution >= 0.6 is 12.0 Å². The Bertz CT molecular complexity index is 76.5. The van der Waals surface area contributed by atoms with Gasteiger partial charge in [-0.05, 0) is 18.1 Å². The molecule has 1 fully saturated rings. The fourth-order valence-corrected chi connectivity index (χ4v) is 5.07. The second-order valence-corrected chi connectivity index (χ2v) is 9.00. The van der Waals surface area contributed by atoms with Crippen LogP contribution in [0.4, 0.5) is 0 Å². The minimum atomic E-state index is -0.834. The highest BCUT2D eigenvalue weighted by molar-refractivity contribution is 7.94. The van der Waals surface area contributed by atoms with Crippen LogP contribution in [0.2, 0.25) is 19.1 Å². The third-order valence-corrected chi connectivity index (χ3v) is 5.15. The minimum Gasteiger partial charge on any atom is -0.319 e. The van der Waals surface area contributed by atoms with Crippen LogP contribution in [0.5, 0.6) is 0 Å². The summed E-state index contributed by atoms with van der Waals surface area (Å²) in [5, 5.41) is 0. The lowest BCUT2D eigenvalue weighted by molar-refractivity contribution is 0.439. The van der Waals surface area contributed by atoms with Gasteiger partial charge in [-0.25, -0.2) is 0 Å². The lowest BCUT2D eigenvalue weighted by atomic mass is 11.0. The van der Waals surface area contributed by atoms with Gasteiger partial charge >= 0.3 is 0 Å². The van der Waals surface area contributed by atoms with Crippen molar-refractivity contribution in [3.05, 3.63) is 0 Å². The molecule has 0 aromatic heterocycles. The molecule has 1 aliphatic heterocycles. The van der Waals surface area contributed by atoms with Gasteiger partial charge in [0.1, 0.15) is 0 Å². The van der Waals surface area contributed by atoms with E-state index in [0.717, 1.165) is 6.23 Å². The molecule has 0 aliphatic carbocycles. The Morgan fingerprint density at radius 2 is 2.25 bits per heavy atom. The van der Waals surface area contributed by atoms with Gasteiger partial charge in [-0.15, -0.1) is 0 Å². The largest absolute Gasteiger partial charge is 0.319 e. The summed E-state index contributed by atoms with van der Waals surface area (Å²) in [7, 11) is -0.834. The van der Waals surface area contributed by atoms with Gasteiger partial charge in [0.25, 0.3) is 0 Å². The summed E-state index contributed by atoms with van der Waals surface area (Å²) in [5.74, 6) is 1.22. The van der Waals surface area contributed by atoms with Crippen molar-refractivity contribution in [2.75, 3.05) is 12.0 Å². The third kappa shape index (κ3) is 1.80. The average molecular weight is 148 g/mol. The molecule has 1 aliphatic rings. The standard InChI is InChI=1S/C5H12OSSi/c1-8(2)4-3-7-6-5-8/h3-5H2,1-2H3. The lowest BCUT2D eigenvalue weighted by Crippen LogP contribution is -2.35. The minimum absolute atomic E-state index is 0.834. The molecule has 0 radical (unpaired) electrons. The Labute approximate surface area is 56.0 Å². The summed E-state index contributed by atoms with van der Waals surface area (Å²) in [6.07, 6.45) is 1.05. The zero-order chi connectivity index (χ0) is 6.04. The molecule has 0 aromatic carbocycles. The van der Waals surface area contributed by atoms with Crippen molar-refractivity contribution in [2.24, 2.45) is 0 Å². The first-order valence-electron chi connectivity index (χ1n) is 2.95. The maximum atomic E-state index is 5.26. The molecule has 0 unspecified atom stereocenters. The average Bonchev–Trinajstić information content (AvgIpc) is 1.65. The number of hydrogen-bond donors (Lipinski definition) is 0. The van der Waals surface area contributed by atoms with E-state index >= 15 is 0 Å². The quantitative estimate of drug-likeness (QED) is 0.383. The van der Waals surface area contributed by atoms with E-state index < -0.39 is 8.07 Å². The van der Waals surface area contributed by atoms with Crippen LogP contribution in [0.1, 0.15) is 0 Å². The van der Waals surface area contributed by atoms with E-state index in [0.29, 0.717) is 0 Å². The molecular formula is C5H12OSSi. The van der Waals surface area contributed by atoms with Crippen LogP contribution in [0, 0.1) is 0 Å². The lowest BCUT2D eigenvalue weighted by Gasteiger charge is -2.25. The monoisotopic (exact) mass is 148 g/mol. The summed E-state index contributed by atoms with van der Waals surface area (Å²) >= 11 is 1.63. The van der Waals surface area contributed by atoms with Crippen LogP contribution in [-0.4, -0.2) is 20.1 Å². The Kier molecular flexibility index (Phi) is 2.00. The molecule has 1 heterocycles. The molecule has 48 valence electrons. The van der Waals surface area contributed by atoms with Crippen molar-refractivity contribution in [1.82, 2.24) is 0 Å². The molecule has 0 bridgehead atoms. The predicted octanol–water partition coefficient (Wildman–Crippen LogP) is 1.91. The van der Waals surface area contributed by atoms with Crippen molar-refractivity contribution in [3.63, 3.8) is 0 Å². The van der Waals surface area contributed by atoms with Crippen LogP contribution in [0.25, 0.3) is 0 Å². The van der Waals surface area contributed by atoms with Crippen LogP contribution < -0.4 is 0 Å². The van der Waals surface area contributed by atoms with Gasteiger partial charge in [0, 0.05) is 5.75 Å². The molecule has 0 N–H and O–H groups in total. The highest BCUT2D eigenvalue weighted by Gasteiger charge is 2.24. The topological polar surface area (TPSA) is 9.23 Å². The van der Waals surface area contributed by atoms with Gasteiger partial charge in [0.2, 0.25) is 0 Å². The summed E-state index contributed by atoms with van der Waals surface area (Å²) < 4.78 is 5.26. The van der Waals surface area contributed by atoms with E-state index in [4.69, 9.17) is 4.18 Å². The molecule has 0 atom stereocenters. The van der Waals surface area contributed by atoms with E-state index in [2.05, 4.69) is 13.1 Å². The first kappa shape index (κ1) is 6.64. The van der Waals surface area contributed by atoms with E-state index in [1.807, 2.05) is 0 Å². The second kappa shape index (κ2) is 2.41. The zero-order valence-corrected chi connectivity index (χ0v) is 7.25. The Morgan fingerprint density at radius 1 is 1.50 bits per heavy atom. The molecule has 0 aromatic rings. The first-order chi connectivity index (χ1) is 3.71. The van der Waals surface area contributed by atoms with E-state index in [1.54, 1.807) is 12.0 Å². The highest BCUT2D eigenvalue weighted by Crippen LogP contribution is 2.22. The maximum absolute atomic E-state index is 5.26. The van der Waals surface area contributed by atoms with Crippen molar-refractivity contribution in [1.29, 1.82) is 0 Å². The van der Waals surface area contributed by atoms with Crippen molar-refractivity contribution < 1.29 is 4.18 Å². The smallest absolute Gasteiger partial charge is 0.0802 e. The van der Waals surface area contributed by atoms with Crippen LogP contribution in [0.15, 0.2) is 0 Å². The van der Waals surface area contributed by atoms with Gasteiger partial charge < -0.3 is 4.18 Å². The molecule has 8 heavy (non-hydrogen) atoms. The SMILES string of the molecule is C[Si]1(C)CCSOC1. The Morgan fingerprint density at radius 3 is 2.50 bits per heavy atom. The number of rotatable bonds is 0. The van der Waals surface area contributed by atoms with E-state index in [9.17, 15) is 0 Å². The summed E-state index contributed by atoms with van der Waals surface area (Å²) in [4.78, 5) is 0. The maximum Gasteiger partial charge on any atom is 0.0802 e. The Balaban J connectivity index is 2.33. The first-order valence-corrected chi connectivity index (χ1v) is 7.28. The molecule has 0 spiro atoms. The summed E-state index contributed by atoms with van der Waals surface area (Å²) in [6.45, 7) is 4.76. The van der Waals surface area contributed by atoms with Gasteiger partial charge in [0.15, 0.2) is 0 Å². The highest BCUT2D eigenvalue weighted by atomic mass is 32.2. The van der Waals surface area contributed by atoms with Gasteiger partial charge in [-0.3, -0.25) is 0 Å². The molecule has 1 saturated heterocycles. The van der Waals surface area contributed by atoms with Gasteiger partial charge in [0.05, 0.1) is 14.3 Å².